The SMILES string of the molecule is CC[C@H](C)[C@H](NC(=O)[C@H](CCCCN)NC(=O)[C@@H](NC(=O)[C@H](C)N)[C@@H](C)O)C(=O)N[C@H](C(=O)N[C@@H](CC(=O)O)C(=O)O)[C@@H](C)O. The van der Waals surface area contributed by atoms with Gasteiger partial charge < -0.3 is 58.5 Å². The first-order valence-corrected chi connectivity index (χ1v) is 14.7. The van der Waals surface area contributed by atoms with Crippen LogP contribution in [-0.4, -0.2) is 117 Å². The van der Waals surface area contributed by atoms with E-state index in [-0.39, 0.29) is 6.42 Å². The lowest BCUT2D eigenvalue weighted by molar-refractivity contribution is -0.148. The molecule has 18 nitrogen and oxygen atoms in total. The highest BCUT2D eigenvalue weighted by atomic mass is 16.4. The van der Waals surface area contributed by atoms with E-state index in [9.17, 15) is 48.9 Å². The molecule has 0 fully saturated rings. The van der Waals surface area contributed by atoms with Crippen LogP contribution in [0.1, 0.15) is 66.7 Å². The molecule has 0 aliphatic carbocycles. The molecule has 258 valence electrons. The molecular formula is C27H49N7O11. The topological polar surface area (TPSA) is 313 Å². The van der Waals surface area contributed by atoms with Crippen molar-refractivity contribution < 1.29 is 54.0 Å². The molecule has 0 heterocycles. The standard InChI is InChI=1S/C27H49N7O11/c1-6-12(2)19(24(41)34-21(15(5)36)26(43)31-17(27(44)45)11-18(37)38)32-23(40)16(9-7-8-10-28)30-25(42)20(14(4)35)33-22(39)13(3)29/h12-17,19-21,35-36H,6-11,28-29H2,1-5H3,(H,30,42)(H,31,43)(H,32,40)(H,33,39)(H,34,41)(H,37,38)(H,44,45)/t12-,13-,14+,15+,16-,17-,19-,20-,21-/m0/s1. The molecule has 0 bridgehead atoms. The van der Waals surface area contributed by atoms with Gasteiger partial charge in [0.15, 0.2) is 0 Å². The van der Waals surface area contributed by atoms with E-state index in [2.05, 4.69) is 21.3 Å². The molecule has 5 amide bonds. The minimum Gasteiger partial charge on any atom is -0.481 e. The van der Waals surface area contributed by atoms with Crippen molar-refractivity contribution in [1.29, 1.82) is 0 Å². The summed E-state index contributed by atoms with van der Waals surface area (Å²) in [6.45, 7) is 7.40. The number of carbonyl (C=O) groups is 7. The van der Waals surface area contributed by atoms with Crippen molar-refractivity contribution in [3.63, 3.8) is 0 Å². The van der Waals surface area contributed by atoms with E-state index in [0.29, 0.717) is 25.8 Å². The summed E-state index contributed by atoms with van der Waals surface area (Å²) in [7, 11) is 0. The van der Waals surface area contributed by atoms with Crippen LogP contribution in [0.3, 0.4) is 0 Å². The van der Waals surface area contributed by atoms with Crippen molar-refractivity contribution >= 4 is 41.5 Å². The molecule has 45 heavy (non-hydrogen) atoms. The summed E-state index contributed by atoms with van der Waals surface area (Å²) in [6.07, 6.45) is -2.60. The highest BCUT2D eigenvalue weighted by molar-refractivity contribution is 5.97. The van der Waals surface area contributed by atoms with Crippen molar-refractivity contribution in [2.24, 2.45) is 17.4 Å². The number of nitrogens with two attached hydrogens (primary N) is 2. The van der Waals surface area contributed by atoms with Crippen LogP contribution >= 0.6 is 0 Å². The Balaban J connectivity index is 6.06. The van der Waals surface area contributed by atoms with Gasteiger partial charge in [0, 0.05) is 0 Å². The van der Waals surface area contributed by atoms with Gasteiger partial charge in [0.2, 0.25) is 29.5 Å². The van der Waals surface area contributed by atoms with Crippen LogP contribution in [-0.2, 0) is 33.6 Å². The van der Waals surface area contributed by atoms with Crippen LogP contribution in [0.4, 0.5) is 0 Å². The number of rotatable bonds is 21. The first-order chi connectivity index (χ1) is 20.9. The normalized spacial score (nSPS) is 17.1. The third kappa shape index (κ3) is 14.6. The molecule has 0 saturated carbocycles. The number of aliphatic hydroxyl groups excluding tert-OH is 2. The number of carboxylic acid groups (broad SMARTS) is 2. The van der Waals surface area contributed by atoms with E-state index in [1.165, 1.54) is 13.8 Å². The molecule has 0 aliphatic rings. The zero-order valence-electron chi connectivity index (χ0n) is 26.2. The Morgan fingerprint density at radius 3 is 1.49 bits per heavy atom. The smallest absolute Gasteiger partial charge is 0.326 e. The van der Waals surface area contributed by atoms with Gasteiger partial charge in [0.1, 0.15) is 30.2 Å². The van der Waals surface area contributed by atoms with E-state index >= 15 is 0 Å². The summed E-state index contributed by atoms with van der Waals surface area (Å²) >= 11 is 0. The predicted molar refractivity (Wildman–Crippen MR) is 159 cm³/mol. The number of aliphatic carboxylic acids is 2. The fourth-order valence-corrected chi connectivity index (χ4v) is 3.95. The molecule has 18 heteroatoms. The van der Waals surface area contributed by atoms with Crippen molar-refractivity contribution in [2.75, 3.05) is 6.54 Å². The lowest BCUT2D eigenvalue weighted by Gasteiger charge is -2.30. The van der Waals surface area contributed by atoms with E-state index in [1.54, 1.807) is 13.8 Å². The largest absolute Gasteiger partial charge is 0.481 e. The number of aliphatic hydroxyl groups is 2. The second kappa shape index (κ2) is 20.2. The Hall–Kier alpha value is -3.87. The van der Waals surface area contributed by atoms with Gasteiger partial charge in [-0.15, -0.1) is 0 Å². The monoisotopic (exact) mass is 647 g/mol. The highest BCUT2D eigenvalue weighted by Crippen LogP contribution is 2.11. The summed E-state index contributed by atoms with van der Waals surface area (Å²) in [6, 6.07) is -8.58. The summed E-state index contributed by atoms with van der Waals surface area (Å²) in [4.78, 5) is 87.1. The van der Waals surface area contributed by atoms with E-state index in [4.69, 9.17) is 16.6 Å². The quantitative estimate of drug-likeness (QED) is 0.0534. The molecule has 9 atom stereocenters. The Bertz CT molecular complexity index is 1040. The van der Waals surface area contributed by atoms with E-state index in [1.807, 2.05) is 5.32 Å². The molecule has 13 N–H and O–H groups in total. The zero-order chi connectivity index (χ0) is 35.0. The summed E-state index contributed by atoms with van der Waals surface area (Å²) in [5, 5.41) is 50.0. The molecule has 0 aromatic heterocycles. The van der Waals surface area contributed by atoms with Crippen LogP contribution < -0.4 is 38.1 Å². The van der Waals surface area contributed by atoms with Crippen molar-refractivity contribution in [3.8, 4) is 0 Å². The Morgan fingerprint density at radius 2 is 1.09 bits per heavy atom. The lowest BCUT2D eigenvalue weighted by atomic mass is 9.96. The maximum absolute atomic E-state index is 13.5. The molecule has 0 rings (SSSR count). The first-order valence-electron chi connectivity index (χ1n) is 14.7. The van der Waals surface area contributed by atoms with Crippen LogP contribution in [0.15, 0.2) is 0 Å². The van der Waals surface area contributed by atoms with Crippen molar-refractivity contribution in [2.45, 2.75) is 115 Å². The number of hydrogen-bond acceptors (Lipinski definition) is 11. The molecule has 0 unspecified atom stereocenters. The number of amides is 5. The minimum atomic E-state index is -1.85. The number of nitrogens with one attached hydrogen (secondary N) is 5. The molecule has 0 aromatic rings. The van der Waals surface area contributed by atoms with Crippen LogP contribution in [0, 0.1) is 5.92 Å². The molecule has 0 spiro atoms. The van der Waals surface area contributed by atoms with Crippen LogP contribution in [0.2, 0.25) is 0 Å². The Morgan fingerprint density at radius 1 is 0.644 bits per heavy atom. The Labute approximate surface area is 261 Å². The average Bonchev–Trinajstić information content (AvgIpc) is 2.94. The maximum Gasteiger partial charge on any atom is 0.326 e. The van der Waals surface area contributed by atoms with Crippen molar-refractivity contribution in [3.05, 3.63) is 0 Å². The second-order valence-corrected chi connectivity index (χ2v) is 11.0. The molecule has 0 saturated heterocycles. The van der Waals surface area contributed by atoms with Gasteiger partial charge in [0.25, 0.3) is 0 Å². The lowest BCUT2D eigenvalue weighted by Crippen LogP contribution is -2.62. The van der Waals surface area contributed by atoms with Gasteiger partial charge in [-0.1, -0.05) is 20.3 Å². The van der Waals surface area contributed by atoms with Crippen LogP contribution in [0.5, 0.6) is 0 Å². The Kier molecular flexibility index (Phi) is 18.5. The fraction of sp³-hybridized carbons (Fsp3) is 0.741. The van der Waals surface area contributed by atoms with Gasteiger partial charge in [-0.2, -0.15) is 0 Å². The van der Waals surface area contributed by atoms with Gasteiger partial charge in [-0.05, 0) is 52.5 Å². The van der Waals surface area contributed by atoms with Gasteiger partial charge in [-0.25, -0.2) is 4.79 Å². The van der Waals surface area contributed by atoms with E-state index in [0.717, 1.165) is 6.92 Å². The van der Waals surface area contributed by atoms with E-state index < -0.39 is 102 Å². The molecule has 0 radical (unpaired) electrons. The third-order valence-electron chi connectivity index (χ3n) is 6.91. The second-order valence-electron chi connectivity index (χ2n) is 11.0. The number of carbonyl (C=O) groups excluding carboxylic acids is 5. The van der Waals surface area contributed by atoms with Gasteiger partial charge in [0.05, 0.1) is 24.7 Å². The molecule has 0 aromatic carbocycles. The highest BCUT2D eigenvalue weighted by Gasteiger charge is 2.36. The molecule has 0 aliphatic heterocycles. The van der Waals surface area contributed by atoms with Crippen LogP contribution in [0.25, 0.3) is 0 Å². The summed E-state index contributed by atoms with van der Waals surface area (Å²) < 4.78 is 0. The third-order valence-corrected chi connectivity index (χ3v) is 6.91. The first kappa shape index (κ1) is 41.1. The molecular weight excluding hydrogens is 598 g/mol. The number of unbranched alkanes of at least 4 members (excludes halogenated alkanes) is 1. The zero-order valence-corrected chi connectivity index (χ0v) is 26.2. The van der Waals surface area contributed by atoms with Gasteiger partial charge >= 0.3 is 11.9 Å². The predicted octanol–water partition coefficient (Wildman–Crippen LogP) is -3.75. The summed E-state index contributed by atoms with van der Waals surface area (Å²) in [5.41, 5.74) is 11.1. The van der Waals surface area contributed by atoms with Crippen molar-refractivity contribution in [1.82, 2.24) is 26.6 Å². The fourth-order valence-electron chi connectivity index (χ4n) is 3.95. The average molecular weight is 648 g/mol. The maximum atomic E-state index is 13.5. The minimum absolute atomic E-state index is 0.0657. The number of carboxylic acids is 2. The summed E-state index contributed by atoms with van der Waals surface area (Å²) in [5.74, 6) is -8.24. The number of hydrogen-bond donors (Lipinski definition) is 11. The van der Waals surface area contributed by atoms with Gasteiger partial charge in [-0.3, -0.25) is 28.8 Å².